The molecular weight excluding hydrogens is 180 g/mol. The molecule has 0 aliphatic rings. The molecule has 0 aliphatic heterocycles. The maximum absolute atomic E-state index is 10.8. The number of amides is 1. The van der Waals surface area contributed by atoms with Crippen LogP contribution < -0.4 is 5.73 Å². The molecule has 1 heterocycles. The van der Waals surface area contributed by atoms with E-state index >= 15 is 0 Å². The van der Waals surface area contributed by atoms with Crippen LogP contribution in [0.2, 0.25) is 0 Å². The SMILES string of the molecule is NC(=O)c1cncc(C=CCCO)c1. The number of hydrogen-bond acceptors (Lipinski definition) is 3. The lowest BCUT2D eigenvalue weighted by molar-refractivity contribution is 0.1000. The predicted molar refractivity (Wildman–Crippen MR) is 53.5 cm³/mol. The number of primary amides is 1. The molecule has 1 amide bonds. The Morgan fingerprint density at radius 3 is 3.00 bits per heavy atom. The molecule has 0 saturated carbocycles. The number of aliphatic hydroxyl groups excluding tert-OH is 1. The quantitative estimate of drug-likeness (QED) is 0.732. The van der Waals surface area contributed by atoms with E-state index in [-0.39, 0.29) is 6.61 Å². The van der Waals surface area contributed by atoms with Crippen LogP contribution in [0.1, 0.15) is 22.3 Å². The van der Waals surface area contributed by atoms with E-state index in [1.165, 1.54) is 6.20 Å². The number of aliphatic hydroxyl groups is 1. The second kappa shape index (κ2) is 5.14. The minimum atomic E-state index is -0.491. The summed E-state index contributed by atoms with van der Waals surface area (Å²) in [7, 11) is 0. The Kier molecular flexibility index (Phi) is 3.82. The molecular formula is C10H12N2O2. The van der Waals surface area contributed by atoms with E-state index in [1.54, 1.807) is 18.3 Å². The van der Waals surface area contributed by atoms with Gasteiger partial charge in [0.1, 0.15) is 0 Å². The lowest BCUT2D eigenvalue weighted by Gasteiger charge is -1.96. The van der Waals surface area contributed by atoms with Gasteiger partial charge in [0.05, 0.1) is 5.56 Å². The number of pyridine rings is 1. The van der Waals surface area contributed by atoms with Crippen molar-refractivity contribution < 1.29 is 9.90 Å². The fourth-order valence-electron chi connectivity index (χ4n) is 0.978. The van der Waals surface area contributed by atoms with Gasteiger partial charge in [0.2, 0.25) is 5.91 Å². The van der Waals surface area contributed by atoms with Gasteiger partial charge in [0.25, 0.3) is 0 Å². The molecule has 1 aromatic heterocycles. The topological polar surface area (TPSA) is 76.2 Å². The third-order valence-corrected chi connectivity index (χ3v) is 1.65. The molecule has 0 aromatic carbocycles. The van der Waals surface area contributed by atoms with Gasteiger partial charge < -0.3 is 10.8 Å². The zero-order valence-electron chi connectivity index (χ0n) is 7.68. The van der Waals surface area contributed by atoms with Crippen molar-refractivity contribution in [3.05, 3.63) is 35.7 Å². The molecule has 0 fully saturated rings. The first-order valence-electron chi connectivity index (χ1n) is 4.26. The maximum Gasteiger partial charge on any atom is 0.250 e. The molecule has 74 valence electrons. The van der Waals surface area contributed by atoms with E-state index in [1.807, 2.05) is 6.08 Å². The first-order valence-corrected chi connectivity index (χ1v) is 4.26. The molecule has 0 atom stereocenters. The third-order valence-electron chi connectivity index (χ3n) is 1.65. The number of nitrogens with zero attached hydrogens (tertiary/aromatic N) is 1. The molecule has 14 heavy (non-hydrogen) atoms. The van der Waals surface area contributed by atoms with E-state index in [9.17, 15) is 4.79 Å². The van der Waals surface area contributed by atoms with E-state index in [0.29, 0.717) is 12.0 Å². The van der Waals surface area contributed by atoms with Crippen LogP contribution >= 0.6 is 0 Å². The van der Waals surface area contributed by atoms with Crippen molar-refractivity contribution in [1.82, 2.24) is 4.98 Å². The molecule has 0 spiro atoms. The molecule has 0 aliphatic carbocycles. The van der Waals surface area contributed by atoms with Gasteiger partial charge in [-0.15, -0.1) is 0 Å². The minimum Gasteiger partial charge on any atom is -0.396 e. The number of rotatable bonds is 4. The van der Waals surface area contributed by atoms with Crippen LogP contribution in [-0.2, 0) is 0 Å². The van der Waals surface area contributed by atoms with Crippen LogP contribution in [0.4, 0.5) is 0 Å². The van der Waals surface area contributed by atoms with Crippen LogP contribution in [0.3, 0.4) is 0 Å². The monoisotopic (exact) mass is 192 g/mol. The van der Waals surface area contributed by atoms with E-state index in [0.717, 1.165) is 5.56 Å². The van der Waals surface area contributed by atoms with Crippen LogP contribution in [0.15, 0.2) is 24.5 Å². The smallest absolute Gasteiger partial charge is 0.250 e. The van der Waals surface area contributed by atoms with Gasteiger partial charge in [0, 0.05) is 19.0 Å². The average molecular weight is 192 g/mol. The van der Waals surface area contributed by atoms with Crippen LogP contribution in [0, 0.1) is 0 Å². The summed E-state index contributed by atoms with van der Waals surface area (Å²) < 4.78 is 0. The number of nitrogens with two attached hydrogens (primary N) is 1. The lowest BCUT2D eigenvalue weighted by Crippen LogP contribution is -2.11. The number of hydrogen-bond donors (Lipinski definition) is 2. The summed E-state index contributed by atoms with van der Waals surface area (Å²) in [4.78, 5) is 14.7. The molecule has 0 radical (unpaired) electrons. The summed E-state index contributed by atoms with van der Waals surface area (Å²) in [6, 6.07) is 1.66. The normalized spacial score (nSPS) is 10.6. The molecule has 1 rings (SSSR count). The van der Waals surface area contributed by atoms with Gasteiger partial charge in [-0.25, -0.2) is 0 Å². The van der Waals surface area contributed by atoms with Gasteiger partial charge in [-0.05, 0) is 18.1 Å². The highest BCUT2D eigenvalue weighted by Crippen LogP contribution is 2.04. The molecule has 1 aromatic rings. The Balaban J connectivity index is 2.78. The van der Waals surface area contributed by atoms with Crippen molar-refractivity contribution in [3.63, 3.8) is 0 Å². The van der Waals surface area contributed by atoms with Crippen molar-refractivity contribution in [2.75, 3.05) is 6.61 Å². The van der Waals surface area contributed by atoms with Crippen molar-refractivity contribution in [2.45, 2.75) is 6.42 Å². The largest absolute Gasteiger partial charge is 0.396 e. The average Bonchev–Trinajstić information content (AvgIpc) is 2.19. The second-order valence-corrected chi connectivity index (χ2v) is 2.79. The predicted octanol–water partition coefficient (Wildman–Crippen LogP) is 0.576. The third kappa shape index (κ3) is 2.99. The summed E-state index contributed by atoms with van der Waals surface area (Å²) in [6.07, 6.45) is 7.23. The number of aromatic nitrogens is 1. The summed E-state index contributed by atoms with van der Waals surface area (Å²) in [5, 5.41) is 8.55. The highest BCUT2D eigenvalue weighted by atomic mass is 16.2. The summed E-state index contributed by atoms with van der Waals surface area (Å²) in [6.45, 7) is 0.111. The molecule has 4 nitrogen and oxygen atoms in total. The molecule has 0 bridgehead atoms. The van der Waals surface area contributed by atoms with Crippen LogP contribution in [0.25, 0.3) is 6.08 Å². The zero-order valence-corrected chi connectivity index (χ0v) is 7.68. The van der Waals surface area contributed by atoms with Crippen LogP contribution in [0.5, 0.6) is 0 Å². The van der Waals surface area contributed by atoms with Gasteiger partial charge in [-0.1, -0.05) is 12.2 Å². The molecule has 3 N–H and O–H groups in total. The summed E-state index contributed by atoms with van der Waals surface area (Å²) in [5.41, 5.74) is 6.28. The molecule has 4 heteroatoms. The van der Waals surface area contributed by atoms with Crippen molar-refractivity contribution in [1.29, 1.82) is 0 Å². The maximum atomic E-state index is 10.8. The van der Waals surface area contributed by atoms with Gasteiger partial charge in [-0.3, -0.25) is 9.78 Å². The van der Waals surface area contributed by atoms with Gasteiger partial charge in [-0.2, -0.15) is 0 Å². The van der Waals surface area contributed by atoms with Gasteiger partial charge in [0.15, 0.2) is 0 Å². The molecule has 0 unspecified atom stereocenters. The Morgan fingerprint density at radius 2 is 2.36 bits per heavy atom. The van der Waals surface area contributed by atoms with Crippen molar-refractivity contribution >= 4 is 12.0 Å². The Labute approximate surface area is 82.1 Å². The second-order valence-electron chi connectivity index (χ2n) is 2.79. The number of carbonyl (C=O) groups excluding carboxylic acids is 1. The van der Waals surface area contributed by atoms with Crippen molar-refractivity contribution in [2.24, 2.45) is 5.73 Å². The fourth-order valence-corrected chi connectivity index (χ4v) is 0.978. The van der Waals surface area contributed by atoms with E-state index < -0.39 is 5.91 Å². The Hall–Kier alpha value is -1.68. The summed E-state index contributed by atoms with van der Waals surface area (Å²) in [5.74, 6) is -0.491. The summed E-state index contributed by atoms with van der Waals surface area (Å²) >= 11 is 0. The van der Waals surface area contributed by atoms with Gasteiger partial charge >= 0.3 is 0 Å². The standard InChI is InChI=1S/C10H12N2O2/c11-10(14)9-5-8(6-12-7-9)3-1-2-4-13/h1,3,5-7,13H,2,4H2,(H2,11,14). The first-order chi connectivity index (χ1) is 6.74. The minimum absolute atomic E-state index is 0.111. The lowest BCUT2D eigenvalue weighted by atomic mass is 10.2. The fraction of sp³-hybridized carbons (Fsp3) is 0.200. The first kappa shape index (κ1) is 10.4. The zero-order chi connectivity index (χ0) is 10.4. The van der Waals surface area contributed by atoms with E-state index in [2.05, 4.69) is 4.98 Å². The van der Waals surface area contributed by atoms with E-state index in [4.69, 9.17) is 10.8 Å². The highest BCUT2D eigenvalue weighted by Gasteiger charge is 1.99. The Morgan fingerprint density at radius 1 is 1.57 bits per heavy atom. The Bertz CT molecular complexity index is 348. The highest BCUT2D eigenvalue weighted by molar-refractivity contribution is 5.92. The number of carbonyl (C=O) groups is 1. The molecule has 0 saturated heterocycles. The van der Waals surface area contributed by atoms with Crippen molar-refractivity contribution in [3.8, 4) is 0 Å². The van der Waals surface area contributed by atoms with Crippen LogP contribution in [-0.4, -0.2) is 22.6 Å².